The summed E-state index contributed by atoms with van der Waals surface area (Å²) in [4.78, 5) is 11.4. The van der Waals surface area contributed by atoms with Gasteiger partial charge < -0.3 is 4.74 Å². The zero-order valence-corrected chi connectivity index (χ0v) is 11.7. The van der Waals surface area contributed by atoms with E-state index in [1.165, 1.54) is 5.56 Å². The molecule has 0 N–H and O–H groups in total. The number of ether oxygens (including phenoxy) is 1. The molecule has 1 aromatic carbocycles. The highest BCUT2D eigenvalue weighted by Crippen LogP contribution is 2.14. The number of ketones is 1. The average molecular weight is 248 g/mol. The smallest absolute Gasteiger partial charge is 0.135 e. The first-order valence-electron chi connectivity index (χ1n) is 6.79. The topological polar surface area (TPSA) is 26.3 Å². The van der Waals surface area contributed by atoms with Crippen molar-refractivity contribution in [1.29, 1.82) is 0 Å². The second-order valence-electron chi connectivity index (χ2n) is 5.03. The molecule has 0 amide bonds. The van der Waals surface area contributed by atoms with Crippen molar-refractivity contribution >= 4 is 5.78 Å². The molecule has 0 saturated heterocycles. The van der Waals surface area contributed by atoms with Crippen LogP contribution in [0, 0.1) is 5.92 Å². The van der Waals surface area contributed by atoms with Gasteiger partial charge in [0.05, 0.1) is 7.11 Å². The number of carbonyl (C=O) groups excluding carboxylic acids is 1. The molecule has 0 spiro atoms. The molecule has 0 aliphatic heterocycles. The average Bonchev–Trinajstić information content (AvgIpc) is 2.38. The normalized spacial score (nSPS) is 10.7. The molecule has 2 nitrogen and oxygen atoms in total. The Morgan fingerprint density at radius 2 is 1.78 bits per heavy atom. The number of benzene rings is 1. The van der Waals surface area contributed by atoms with Gasteiger partial charge >= 0.3 is 0 Å². The number of unbranched alkanes of at least 4 members (excludes halogenated alkanes) is 2. The summed E-state index contributed by atoms with van der Waals surface area (Å²) in [6.07, 6.45) is 5.12. The van der Waals surface area contributed by atoms with E-state index in [2.05, 4.69) is 12.1 Å². The summed E-state index contributed by atoms with van der Waals surface area (Å²) < 4.78 is 5.12. The van der Waals surface area contributed by atoms with Gasteiger partial charge in [-0.3, -0.25) is 4.79 Å². The van der Waals surface area contributed by atoms with Crippen LogP contribution in [0.5, 0.6) is 5.75 Å². The molecule has 0 atom stereocenters. The van der Waals surface area contributed by atoms with Crippen molar-refractivity contribution in [2.24, 2.45) is 5.92 Å². The fourth-order valence-electron chi connectivity index (χ4n) is 1.89. The number of aryl methyl sites for hydroxylation is 1. The van der Waals surface area contributed by atoms with E-state index in [1.54, 1.807) is 7.11 Å². The minimum Gasteiger partial charge on any atom is -0.497 e. The summed E-state index contributed by atoms with van der Waals surface area (Å²) in [6, 6.07) is 8.21. The van der Waals surface area contributed by atoms with Crippen molar-refractivity contribution < 1.29 is 9.53 Å². The summed E-state index contributed by atoms with van der Waals surface area (Å²) in [5.41, 5.74) is 1.34. The van der Waals surface area contributed by atoms with Crippen molar-refractivity contribution in [2.75, 3.05) is 7.11 Å². The number of hydrogen-bond donors (Lipinski definition) is 0. The fourth-order valence-corrected chi connectivity index (χ4v) is 1.89. The lowest BCUT2D eigenvalue weighted by Gasteiger charge is -2.05. The van der Waals surface area contributed by atoms with Crippen molar-refractivity contribution in [3.05, 3.63) is 29.8 Å². The van der Waals surface area contributed by atoms with Crippen LogP contribution in [0.25, 0.3) is 0 Å². The van der Waals surface area contributed by atoms with Gasteiger partial charge in [-0.05, 0) is 37.0 Å². The molecule has 0 unspecified atom stereocenters. The first-order chi connectivity index (χ1) is 8.63. The third-order valence-electron chi connectivity index (χ3n) is 3.19. The molecule has 100 valence electrons. The highest BCUT2D eigenvalue weighted by molar-refractivity contribution is 5.80. The maximum Gasteiger partial charge on any atom is 0.135 e. The molecule has 1 rings (SSSR count). The SMILES string of the molecule is COc1ccc(CCCCCC(=O)C(C)C)cc1. The van der Waals surface area contributed by atoms with E-state index in [9.17, 15) is 4.79 Å². The van der Waals surface area contributed by atoms with E-state index >= 15 is 0 Å². The highest BCUT2D eigenvalue weighted by Gasteiger charge is 2.05. The number of hydrogen-bond acceptors (Lipinski definition) is 2. The quantitative estimate of drug-likeness (QED) is 0.649. The standard InChI is InChI=1S/C16H24O2/c1-13(2)16(17)8-6-4-5-7-14-9-11-15(18-3)12-10-14/h9-13H,4-8H2,1-3H3. The Morgan fingerprint density at radius 1 is 1.11 bits per heavy atom. The van der Waals surface area contributed by atoms with Crippen LogP contribution >= 0.6 is 0 Å². The molecule has 0 fully saturated rings. The Bertz CT molecular complexity index is 352. The van der Waals surface area contributed by atoms with Crippen LogP contribution < -0.4 is 4.74 Å². The van der Waals surface area contributed by atoms with Gasteiger partial charge in [-0.15, -0.1) is 0 Å². The largest absolute Gasteiger partial charge is 0.497 e. The third kappa shape index (κ3) is 5.35. The van der Waals surface area contributed by atoms with Gasteiger partial charge in [0.15, 0.2) is 0 Å². The van der Waals surface area contributed by atoms with Crippen molar-refractivity contribution in [2.45, 2.75) is 46.0 Å². The van der Waals surface area contributed by atoms with Crippen molar-refractivity contribution in [3.63, 3.8) is 0 Å². The highest BCUT2D eigenvalue weighted by atomic mass is 16.5. The predicted octanol–water partition coefficient (Wildman–Crippen LogP) is 4.02. The second kappa shape index (κ2) is 7.91. The molecule has 0 heterocycles. The molecule has 2 heteroatoms. The van der Waals surface area contributed by atoms with Gasteiger partial charge in [-0.1, -0.05) is 32.4 Å². The Balaban J connectivity index is 2.15. The van der Waals surface area contributed by atoms with Gasteiger partial charge in [0.2, 0.25) is 0 Å². The number of carbonyl (C=O) groups is 1. The Hall–Kier alpha value is -1.31. The minimum atomic E-state index is 0.187. The lowest BCUT2D eigenvalue weighted by atomic mass is 10.0. The van der Waals surface area contributed by atoms with Crippen molar-refractivity contribution in [1.82, 2.24) is 0 Å². The van der Waals surface area contributed by atoms with Crippen LogP contribution in [-0.4, -0.2) is 12.9 Å². The predicted molar refractivity (Wildman–Crippen MR) is 75.0 cm³/mol. The van der Waals surface area contributed by atoms with Gasteiger partial charge in [-0.2, -0.15) is 0 Å². The third-order valence-corrected chi connectivity index (χ3v) is 3.19. The second-order valence-corrected chi connectivity index (χ2v) is 5.03. The molecular formula is C16H24O2. The zero-order valence-electron chi connectivity index (χ0n) is 11.7. The lowest BCUT2D eigenvalue weighted by molar-refractivity contribution is -0.122. The van der Waals surface area contributed by atoms with Crippen LogP contribution in [0.2, 0.25) is 0 Å². The van der Waals surface area contributed by atoms with Gasteiger partial charge in [-0.25, -0.2) is 0 Å². The molecular weight excluding hydrogens is 224 g/mol. The van der Waals surface area contributed by atoms with Crippen molar-refractivity contribution in [3.8, 4) is 5.75 Å². The molecule has 0 aliphatic carbocycles. The number of methoxy groups -OCH3 is 1. The summed E-state index contributed by atoms with van der Waals surface area (Å²) in [5, 5.41) is 0. The summed E-state index contributed by atoms with van der Waals surface area (Å²) in [7, 11) is 1.68. The van der Waals surface area contributed by atoms with Crippen LogP contribution in [0.3, 0.4) is 0 Å². The summed E-state index contributed by atoms with van der Waals surface area (Å²) in [6.45, 7) is 3.94. The molecule has 0 aromatic heterocycles. The van der Waals surface area contributed by atoms with E-state index in [1.807, 2.05) is 26.0 Å². The van der Waals surface area contributed by atoms with E-state index in [0.29, 0.717) is 5.78 Å². The van der Waals surface area contributed by atoms with Gasteiger partial charge in [0.25, 0.3) is 0 Å². The molecule has 18 heavy (non-hydrogen) atoms. The van der Waals surface area contributed by atoms with E-state index in [-0.39, 0.29) is 5.92 Å². The van der Waals surface area contributed by atoms with E-state index in [0.717, 1.165) is 37.9 Å². The van der Waals surface area contributed by atoms with Gasteiger partial charge in [0, 0.05) is 12.3 Å². The van der Waals surface area contributed by atoms with Crippen LogP contribution in [0.15, 0.2) is 24.3 Å². The minimum absolute atomic E-state index is 0.187. The molecule has 0 saturated carbocycles. The Labute approximate surface area is 110 Å². The molecule has 0 radical (unpaired) electrons. The lowest BCUT2D eigenvalue weighted by Crippen LogP contribution is -2.06. The fraction of sp³-hybridized carbons (Fsp3) is 0.562. The molecule has 0 aliphatic rings. The maximum absolute atomic E-state index is 11.4. The summed E-state index contributed by atoms with van der Waals surface area (Å²) in [5.74, 6) is 1.48. The first kappa shape index (κ1) is 14.7. The number of Topliss-reactive ketones (excluding diaryl/α,β-unsaturated/α-hetero) is 1. The Morgan fingerprint density at radius 3 is 2.33 bits per heavy atom. The zero-order chi connectivity index (χ0) is 13.4. The Kier molecular flexibility index (Phi) is 6.48. The molecule has 1 aromatic rings. The van der Waals surface area contributed by atoms with Crippen LogP contribution in [0.1, 0.15) is 45.1 Å². The molecule has 0 bridgehead atoms. The van der Waals surface area contributed by atoms with Gasteiger partial charge in [0.1, 0.15) is 11.5 Å². The van der Waals surface area contributed by atoms with Crippen LogP contribution in [0.4, 0.5) is 0 Å². The monoisotopic (exact) mass is 248 g/mol. The number of rotatable bonds is 8. The van der Waals surface area contributed by atoms with Crippen LogP contribution in [-0.2, 0) is 11.2 Å². The maximum atomic E-state index is 11.4. The van der Waals surface area contributed by atoms with E-state index < -0.39 is 0 Å². The summed E-state index contributed by atoms with van der Waals surface area (Å²) >= 11 is 0. The van der Waals surface area contributed by atoms with E-state index in [4.69, 9.17) is 4.74 Å². The first-order valence-corrected chi connectivity index (χ1v) is 6.79.